The predicted molar refractivity (Wildman–Crippen MR) is 179 cm³/mol. The molecule has 0 bridgehead atoms. The van der Waals surface area contributed by atoms with Gasteiger partial charge in [-0.25, -0.2) is 8.42 Å². The Morgan fingerprint density at radius 1 is 1.11 bits per heavy atom. The van der Waals surface area contributed by atoms with Gasteiger partial charge in [0.25, 0.3) is 0 Å². The number of aromatic nitrogens is 1. The molecule has 0 amide bonds. The summed E-state index contributed by atoms with van der Waals surface area (Å²) in [4.78, 5) is 0.120. The Bertz CT molecular complexity index is 1770. The van der Waals surface area contributed by atoms with E-state index in [2.05, 4.69) is 25.6 Å². The Morgan fingerprint density at radius 2 is 1.87 bits per heavy atom. The van der Waals surface area contributed by atoms with Crippen LogP contribution < -0.4 is 15.4 Å². The molecule has 1 saturated carbocycles. The highest BCUT2D eigenvalue weighted by molar-refractivity contribution is 14.2. The highest BCUT2D eigenvalue weighted by Gasteiger charge is 2.48. The topological polar surface area (TPSA) is 84.8 Å². The van der Waals surface area contributed by atoms with E-state index >= 15 is 0 Å². The molecule has 3 aromatic rings. The first kappa shape index (κ1) is 32.2. The van der Waals surface area contributed by atoms with Crippen molar-refractivity contribution in [1.29, 1.82) is 0 Å². The van der Waals surface area contributed by atoms with E-state index in [1.54, 1.807) is 27.8 Å². The molecular formula is C32H36F3IN4O4S. The summed E-state index contributed by atoms with van der Waals surface area (Å²) < 4.78 is 81.0. The number of ether oxygens (including phenoxy) is 2. The largest absolute Gasteiger partial charge is 0.495 e. The van der Waals surface area contributed by atoms with Crippen molar-refractivity contribution in [2.24, 2.45) is 5.41 Å². The van der Waals surface area contributed by atoms with Crippen LogP contribution >= 0.6 is 21.0 Å². The number of hydrogen-bond donors (Lipinski definition) is 2. The van der Waals surface area contributed by atoms with Gasteiger partial charge in [0.2, 0.25) is 0 Å². The molecule has 0 radical (unpaired) electrons. The average molecular weight is 757 g/mol. The second kappa shape index (κ2) is 12.8. The van der Waals surface area contributed by atoms with Crippen LogP contribution in [0.1, 0.15) is 31.4 Å². The molecular weight excluding hydrogens is 720 g/mol. The summed E-state index contributed by atoms with van der Waals surface area (Å²) in [6.45, 7) is 3.14. The minimum atomic E-state index is -4.42. The molecule has 1 spiro atoms. The zero-order valence-electron chi connectivity index (χ0n) is 25.1. The minimum absolute atomic E-state index is 0.0552. The summed E-state index contributed by atoms with van der Waals surface area (Å²) in [5.74, 6) is 6.17. The normalized spacial score (nSPS) is 19.8. The number of alkyl halides is 3. The highest BCUT2D eigenvalue weighted by Crippen LogP contribution is 2.42. The first-order valence-electron chi connectivity index (χ1n) is 14.8. The minimum Gasteiger partial charge on any atom is -0.495 e. The molecule has 2 aliphatic heterocycles. The molecule has 1 aliphatic carbocycles. The van der Waals surface area contributed by atoms with Crippen LogP contribution in [0.2, 0.25) is 0 Å². The smallest absolute Gasteiger partial charge is 0.406 e. The number of fused-ring (bicyclic) bond motifs is 1. The lowest BCUT2D eigenvalue weighted by Crippen LogP contribution is -2.63. The molecule has 0 unspecified atom stereocenters. The van der Waals surface area contributed by atoms with E-state index < -0.39 is 22.6 Å². The van der Waals surface area contributed by atoms with Crippen LogP contribution in [-0.2, 0) is 21.1 Å². The molecule has 3 heterocycles. The third kappa shape index (κ3) is 7.45. The van der Waals surface area contributed by atoms with Gasteiger partial charge < -0.3 is 24.7 Å². The maximum atomic E-state index is 13.7. The lowest BCUT2D eigenvalue weighted by atomic mass is 9.80. The summed E-state index contributed by atoms with van der Waals surface area (Å²) >= 11 is -0.0552. The lowest BCUT2D eigenvalue weighted by molar-refractivity contribution is -0.160. The number of nitrogens with one attached hydrogen (secondary N) is 2. The summed E-state index contributed by atoms with van der Waals surface area (Å²) in [7, 11) is -1.98. The molecule has 3 aliphatic rings. The van der Waals surface area contributed by atoms with Crippen molar-refractivity contribution in [3.05, 3.63) is 48.2 Å². The third-order valence-corrected chi connectivity index (χ3v) is 12.7. The number of sulfone groups is 1. The van der Waals surface area contributed by atoms with E-state index in [1.807, 2.05) is 6.07 Å². The van der Waals surface area contributed by atoms with Gasteiger partial charge in [-0.1, -0.05) is 12.0 Å². The molecule has 0 atom stereocenters. The quantitative estimate of drug-likeness (QED) is 0.170. The van der Waals surface area contributed by atoms with Gasteiger partial charge in [0.1, 0.15) is 12.3 Å². The number of methoxy groups -OCH3 is 1. The fraction of sp³-hybridized carbons (Fsp3) is 0.469. The second-order valence-electron chi connectivity index (χ2n) is 12.1. The number of anilines is 2. The maximum Gasteiger partial charge on any atom is 0.406 e. The Hall–Kier alpha value is -2.80. The van der Waals surface area contributed by atoms with Crippen LogP contribution in [0, 0.1) is 17.3 Å². The summed E-state index contributed by atoms with van der Waals surface area (Å²) in [6, 6.07) is 11.9. The van der Waals surface area contributed by atoms with E-state index in [4.69, 9.17) is 9.47 Å². The van der Waals surface area contributed by atoms with Crippen LogP contribution in [0.5, 0.6) is 5.75 Å². The van der Waals surface area contributed by atoms with E-state index in [9.17, 15) is 21.6 Å². The van der Waals surface area contributed by atoms with Crippen molar-refractivity contribution in [3.8, 4) is 17.6 Å². The lowest BCUT2D eigenvalue weighted by Gasteiger charge is -2.53. The van der Waals surface area contributed by atoms with Crippen molar-refractivity contribution >= 4 is 56.6 Å². The van der Waals surface area contributed by atoms with Gasteiger partial charge in [0.15, 0.2) is 9.84 Å². The van der Waals surface area contributed by atoms with Crippen LogP contribution in [0.15, 0.2) is 47.4 Å². The predicted octanol–water partition coefficient (Wildman–Crippen LogP) is 5.82. The van der Waals surface area contributed by atoms with E-state index in [1.165, 1.54) is 36.9 Å². The van der Waals surface area contributed by atoms with Crippen LogP contribution in [-0.4, -0.2) is 78.0 Å². The molecule has 13 heteroatoms. The highest BCUT2D eigenvalue weighted by atomic mass is 127. The van der Waals surface area contributed by atoms with Crippen LogP contribution in [0.3, 0.4) is 0 Å². The molecule has 1 aromatic heterocycles. The fourth-order valence-electron chi connectivity index (χ4n) is 6.05. The van der Waals surface area contributed by atoms with E-state index in [0.29, 0.717) is 27.8 Å². The van der Waals surface area contributed by atoms with Crippen molar-refractivity contribution in [3.63, 3.8) is 0 Å². The standard InChI is InChI=1S/C32H36F3IN4O4S/c1-43-30-16-25(45(2,41)42)12-13-28(30)37-14-4-5-24-15-26-27(6-3-7-29(26)40(24)19-32(33,34)35)38-23-10-8-22(9-11-23)36-39-17-31(18-39)20-44-21-31/h3,6-7,12-13,15-16,23,37-38H,8-11,14,17-21H2,1-2H3. The number of rotatable bonds is 8. The first-order chi connectivity index (χ1) is 21.4. The van der Waals surface area contributed by atoms with Crippen LogP contribution in [0.4, 0.5) is 24.5 Å². The average Bonchev–Trinajstić information content (AvgIpc) is 3.28. The van der Waals surface area contributed by atoms with Gasteiger partial charge in [-0.3, -0.25) is 3.11 Å². The zero-order chi connectivity index (χ0) is 31.8. The van der Waals surface area contributed by atoms with E-state index in [-0.39, 0.29) is 44.2 Å². The van der Waals surface area contributed by atoms with Crippen molar-refractivity contribution in [2.45, 2.75) is 49.3 Å². The van der Waals surface area contributed by atoms with Crippen molar-refractivity contribution in [1.82, 2.24) is 7.68 Å². The molecule has 242 valence electrons. The Labute approximate surface area is 271 Å². The molecule has 3 fully saturated rings. The molecule has 2 N–H and O–H groups in total. The monoisotopic (exact) mass is 756 g/mol. The fourth-order valence-corrected chi connectivity index (χ4v) is 10.5. The molecule has 8 nitrogen and oxygen atoms in total. The Morgan fingerprint density at radius 3 is 2.51 bits per heavy atom. The number of halogens is 4. The SMILES string of the molecule is COc1cc(S(C)(=O)=O)ccc1NCC#Cc1cc2c(NC3CCC(=IN4CC5(COC5)C4)CC3)cccc2n1CC(F)(F)F. The number of hydrogen-bond acceptors (Lipinski definition) is 7. The summed E-state index contributed by atoms with van der Waals surface area (Å²) in [5.41, 5.74) is 2.54. The Balaban J connectivity index is 1.15. The third-order valence-electron chi connectivity index (χ3n) is 8.43. The molecule has 45 heavy (non-hydrogen) atoms. The van der Waals surface area contributed by atoms with Crippen molar-refractivity contribution in [2.75, 3.05) is 56.8 Å². The van der Waals surface area contributed by atoms with Gasteiger partial charge in [0, 0.05) is 47.9 Å². The van der Waals surface area contributed by atoms with Crippen molar-refractivity contribution < 1.29 is 31.1 Å². The zero-order valence-corrected chi connectivity index (χ0v) is 28.1. The van der Waals surface area contributed by atoms with Gasteiger partial charge >= 0.3 is 6.18 Å². The van der Waals surface area contributed by atoms with E-state index in [0.717, 1.165) is 50.8 Å². The molecule has 2 aromatic carbocycles. The molecule has 2 saturated heterocycles. The number of nitrogens with zero attached hydrogens (tertiary/aromatic N) is 2. The molecule has 6 rings (SSSR count). The first-order valence-corrected chi connectivity index (χ1v) is 18.7. The van der Waals surface area contributed by atoms with Gasteiger partial charge in [0.05, 0.1) is 48.7 Å². The van der Waals surface area contributed by atoms with Crippen LogP contribution in [0.25, 0.3) is 10.9 Å². The summed E-state index contributed by atoms with van der Waals surface area (Å²) in [6.07, 6.45) is 0.928. The maximum absolute atomic E-state index is 13.7. The van der Waals surface area contributed by atoms with Gasteiger partial charge in [-0.2, -0.15) is 13.2 Å². The Kier molecular flexibility index (Phi) is 9.13. The summed E-state index contributed by atoms with van der Waals surface area (Å²) in [5, 5.41) is 7.42. The van der Waals surface area contributed by atoms with Gasteiger partial charge in [-0.05, 0) is 86.4 Å². The number of benzene rings is 2. The van der Waals surface area contributed by atoms with Gasteiger partial charge in [-0.15, -0.1) is 0 Å². The second-order valence-corrected chi connectivity index (χ2v) is 17.4.